The van der Waals surface area contributed by atoms with Crippen molar-refractivity contribution in [3.8, 4) is 11.3 Å². The first-order valence-electron chi connectivity index (χ1n) is 10.3. The molecule has 8 heteroatoms. The molecule has 3 aromatic rings. The highest BCUT2D eigenvalue weighted by Gasteiger charge is 2.21. The first kappa shape index (κ1) is 20.0. The van der Waals surface area contributed by atoms with Crippen LogP contribution in [0.4, 0.5) is 0 Å². The number of hydrogen-bond acceptors (Lipinski definition) is 6. The Balaban J connectivity index is 1.49. The Morgan fingerprint density at radius 1 is 1.13 bits per heavy atom. The van der Waals surface area contributed by atoms with Gasteiger partial charge in [-0.25, -0.2) is 4.68 Å². The molecular weight excluding hydrogens is 382 g/mol. The van der Waals surface area contributed by atoms with Crippen LogP contribution in [0.2, 0.25) is 0 Å². The third kappa shape index (κ3) is 4.48. The first-order chi connectivity index (χ1) is 14.5. The molecule has 2 aromatic heterocycles. The summed E-state index contributed by atoms with van der Waals surface area (Å²) in [6.45, 7) is 4.11. The van der Waals surface area contributed by atoms with Gasteiger partial charge in [-0.05, 0) is 49.9 Å². The average molecular weight is 407 g/mol. The topological polar surface area (TPSA) is 103 Å². The lowest BCUT2D eigenvalue weighted by Crippen LogP contribution is -2.36. The van der Waals surface area contributed by atoms with Crippen LogP contribution in [-0.4, -0.2) is 31.9 Å². The van der Waals surface area contributed by atoms with Gasteiger partial charge in [-0.2, -0.15) is 10.1 Å². The molecule has 30 heavy (non-hydrogen) atoms. The number of aromatic nitrogens is 4. The molecule has 0 saturated heterocycles. The number of benzene rings is 1. The second-order valence-corrected chi connectivity index (χ2v) is 7.84. The van der Waals surface area contributed by atoms with Crippen molar-refractivity contribution in [3.05, 3.63) is 63.5 Å². The number of carbonyl (C=O) groups excluding carboxylic acids is 1. The molecule has 1 N–H and O–H groups in total. The van der Waals surface area contributed by atoms with E-state index in [2.05, 4.69) is 20.6 Å². The largest absolute Gasteiger partial charge is 0.345 e. The predicted molar refractivity (Wildman–Crippen MR) is 111 cm³/mol. The van der Waals surface area contributed by atoms with Crippen LogP contribution in [-0.2, 0) is 6.54 Å². The second-order valence-electron chi connectivity index (χ2n) is 7.84. The summed E-state index contributed by atoms with van der Waals surface area (Å²) >= 11 is 0. The highest BCUT2D eigenvalue weighted by molar-refractivity contribution is 5.89. The Hall–Kier alpha value is -3.29. The molecule has 1 aliphatic carbocycles. The Kier molecular flexibility index (Phi) is 5.74. The quantitative estimate of drug-likeness (QED) is 0.697. The Labute approximate surface area is 174 Å². The maximum absolute atomic E-state index is 12.4. The smallest absolute Gasteiger partial charge is 0.316 e. The summed E-state index contributed by atoms with van der Waals surface area (Å²) in [7, 11) is 0. The van der Waals surface area contributed by atoms with Gasteiger partial charge in [-0.15, -0.1) is 0 Å². The molecule has 0 spiro atoms. The van der Waals surface area contributed by atoms with Gasteiger partial charge in [0.25, 0.3) is 5.56 Å². The lowest BCUT2D eigenvalue weighted by atomic mass is 9.95. The third-order valence-corrected chi connectivity index (χ3v) is 5.56. The standard InChI is InChI=1S/C22H25N5O3/c1-14-8-9-16(12-15(14)2)18-10-11-20(28)27(25-18)13-19-24-22(30-26-19)21(29)23-17-6-4-3-5-7-17/h8-12,17H,3-7,13H2,1-2H3,(H,23,29). The van der Waals surface area contributed by atoms with Crippen LogP contribution in [0.1, 0.15) is 59.7 Å². The molecule has 0 atom stereocenters. The fourth-order valence-corrected chi connectivity index (χ4v) is 3.66. The zero-order valence-electron chi connectivity index (χ0n) is 17.2. The van der Waals surface area contributed by atoms with Crippen molar-refractivity contribution in [2.75, 3.05) is 0 Å². The summed E-state index contributed by atoms with van der Waals surface area (Å²) in [5.74, 6) is -0.227. The van der Waals surface area contributed by atoms with Crippen molar-refractivity contribution in [2.45, 2.75) is 58.5 Å². The molecule has 156 valence electrons. The van der Waals surface area contributed by atoms with E-state index in [1.54, 1.807) is 6.07 Å². The van der Waals surface area contributed by atoms with Crippen molar-refractivity contribution < 1.29 is 9.32 Å². The van der Waals surface area contributed by atoms with Gasteiger partial charge in [0.05, 0.1) is 5.69 Å². The van der Waals surface area contributed by atoms with Crippen LogP contribution in [0.3, 0.4) is 0 Å². The van der Waals surface area contributed by atoms with Gasteiger partial charge in [-0.1, -0.05) is 36.6 Å². The molecule has 2 heterocycles. The molecule has 1 fully saturated rings. The normalized spacial score (nSPS) is 14.6. The second kappa shape index (κ2) is 8.61. The van der Waals surface area contributed by atoms with E-state index in [4.69, 9.17) is 4.52 Å². The van der Waals surface area contributed by atoms with Gasteiger partial charge >= 0.3 is 11.8 Å². The Morgan fingerprint density at radius 3 is 2.70 bits per heavy atom. The minimum Gasteiger partial charge on any atom is -0.345 e. The zero-order chi connectivity index (χ0) is 21.1. The lowest BCUT2D eigenvalue weighted by Gasteiger charge is -2.21. The van der Waals surface area contributed by atoms with E-state index in [-0.39, 0.29) is 35.8 Å². The van der Waals surface area contributed by atoms with Crippen LogP contribution in [0.5, 0.6) is 0 Å². The van der Waals surface area contributed by atoms with Gasteiger partial charge in [0.1, 0.15) is 6.54 Å². The van der Waals surface area contributed by atoms with Crippen LogP contribution >= 0.6 is 0 Å². The van der Waals surface area contributed by atoms with E-state index < -0.39 is 0 Å². The number of nitrogens with one attached hydrogen (secondary N) is 1. The fraction of sp³-hybridized carbons (Fsp3) is 0.409. The highest BCUT2D eigenvalue weighted by Crippen LogP contribution is 2.20. The van der Waals surface area contributed by atoms with E-state index in [0.717, 1.165) is 36.8 Å². The van der Waals surface area contributed by atoms with E-state index >= 15 is 0 Å². The SMILES string of the molecule is Cc1ccc(-c2ccc(=O)n(Cc3noc(C(=O)NC4CCCCC4)n3)n2)cc1C. The number of nitrogens with zero attached hydrogens (tertiary/aromatic N) is 4. The van der Waals surface area contributed by atoms with Gasteiger partial charge in [0.15, 0.2) is 5.82 Å². The molecule has 0 aliphatic heterocycles. The summed E-state index contributed by atoms with van der Waals surface area (Å²) in [4.78, 5) is 28.8. The number of aryl methyl sites for hydroxylation is 2. The molecule has 8 nitrogen and oxygen atoms in total. The van der Waals surface area contributed by atoms with Crippen LogP contribution in [0, 0.1) is 13.8 Å². The monoisotopic (exact) mass is 407 g/mol. The molecule has 4 rings (SSSR count). The van der Waals surface area contributed by atoms with E-state index in [9.17, 15) is 9.59 Å². The number of carbonyl (C=O) groups is 1. The van der Waals surface area contributed by atoms with Crippen LogP contribution in [0.15, 0.2) is 39.6 Å². The number of rotatable bonds is 5. The van der Waals surface area contributed by atoms with E-state index in [1.807, 2.05) is 32.0 Å². The van der Waals surface area contributed by atoms with E-state index in [0.29, 0.717) is 5.69 Å². The van der Waals surface area contributed by atoms with Crippen LogP contribution in [0.25, 0.3) is 11.3 Å². The van der Waals surface area contributed by atoms with Gasteiger partial charge in [0.2, 0.25) is 0 Å². The Bertz CT molecular complexity index is 1110. The van der Waals surface area contributed by atoms with Gasteiger partial charge < -0.3 is 9.84 Å². The lowest BCUT2D eigenvalue weighted by molar-refractivity contribution is 0.0883. The average Bonchev–Trinajstić information content (AvgIpc) is 3.21. The molecule has 0 bridgehead atoms. The highest BCUT2D eigenvalue weighted by atomic mass is 16.5. The summed E-state index contributed by atoms with van der Waals surface area (Å²) in [5.41, 5.74) is 3.67. The minimum atomic E-state index is -0.371. The van der Waals surface area contributed by atoms with Crippen molar-refractivity contribution in [2.24, 2.45) is 0 Å². The van der Waals surface area contributed by atoms with Crippen molar-refractivity contribution in [1.29, 1.82) is 0 Å². The van der Waals surface area contributed by atoms with Gasteiger partial charge in [0, 0.05) is 17.7 Å². The maximum atomic E-state index is 12.4. The summed E-state index contributed by atoms with van der Waals surface area (Å²) in [6.07, 6.45) is 5.38. The summed E-state index contributed by atoms with van der Waals surface area (Å²) in [6, 6.07) is 9.35. The number of amides is 1. The summed E-state index contributed by atoms with van der Waals surface area (Å²) < 4.78 is 6.38. The van der Waals surface area contributed by atoms with E-state index in [1.165, 1.54) is 22.7 Å². The minimum absolute atomic E-state index is 0.0255. The third-order valence-electron chi connectivity index (χ3n) is 5.56. The Morgan fingerprint density at radius 2 is 1.93 bits per heavy atom. The van der Waals surface area contributed by atoms with Crippen molar-refractivity contribution in [3.63, 3.8) is 0 Å². The van der Waals surface area contributed by atoms with Crippen LogP contribution < -0.4 is 10.9 Å². The molecule has 1 aliphatic rings. The first-order valence-corrected chi connectivity index (χ1v) is 10.3. The molecule has 0 unspecified atom stereocenters. The molecule has 1 saturated carbocycles. The zero-order valence-corrected chi connectivity index (χ0v) is 17.2. The van der Waals surface area contributed by atoms with Gasteiger partial charge in [-0.3, -0.25) is 9.59 Å². The molecular formula is C22H25N5O3. The molecule has 1 amide bonds. The van der Waals surface area contributed by atoms with Crippen molar-refractivity contribution >= 4 is 5.91 Å². The fourth-order valence-electron chi connectivity index (χ4n) is 3.66. The molecule has 1 aromatic carbocycles. The molecule has 0 radical (unpaired) electrons. The van der Waals surface area contributed by atoms with Crippen molar-refractivity contribution in [1.82, 2.24) is 25.2 Å². The summed E-state index contributed by atoms with van der Waals surface area (Å²) in [5, 5.41) is 11.2. The predicted octanol–water partition coefficient (Wildman–Crippen LogP) is 3.02. The number of hydrogen-bond donors (Lipinski definition) is 1. The maximum Gasteiger partial charge on any atom is 0.316 e.